The molecule has 0 radical (unpaired) electrons. The Morgan fingerprint density at radius 3 is 2.74 bits per heavy atom. The van der Waals surface area contributed by atoms with Gasteiger partial charge >= 0.3 is 5.97 Å². The van der Waals surface area contributed by atoms with Crippen LogP contribution < -0.4 is 5.32 Å². The predicted molar refractivity (Wildman–Crippen MR) is 103 cm³/mol. The molecule has 2 aromatic rings. The SMILES string of the molecule is COC(=O)Cn1cc(/C=C(/C#N)C(=O)NC2CCCCC2)c2ccccc21. The van der Waals surface area contributed by atoms with Crippen LogP contribution in [-0.4, -0.2) is 29.6 Å². The van der Waals surface area contributed by atoms with Gasteiger partial charge in [0.2, 0.25) is 0 Å². The summed E-state index contributed by atoms with van der Waals surface area (Å²) in [6, 6.07) is 9.72. The fourth-order valence-corrected chi connectivity index (χ4v) is 3.54. The fraction of sp³-hybridized carbons (Fsp3) is 0.381. The third kappa shape index (κ3) is 4.37. The summed E-state index contributed by atoms with van der Waals surface area (Å²) in [7, 11) is 1.35. The van der Waals surface area contributed by atoms with Crippen molar-refractivity contribution in [2.45, 2.75) is 44.7 Å². The molecule has 3 rings (SSSR count). The number of aromatic nitrogens is 1. The van der Waals surface area contributed by atoms with Gasteiger partial charge in [-0.1, -0.05) is 37.5 Å². The van der Waals surface area contributed by atoms with E-state index >= 15 is 0 Å². The van der Waals surface area contributed by atoms with E-state index in [-0.39, 0.29) is 30.0 Å². The molecule has 1 amide bonds. The molecule has 1 N–H and O–H groups in total. The number of nitrogens with one attached hydrogen (secondary N) is 1. The van der Waals surface area contributed by atoms with Gasteiger partial charge in [-0.05, 0) is 25.0 Å². The van der Waals surface area contributed by atoms with E-state index in [1.165, 1.54) is 13.5 Å². The molecule has 1 aromatic heterocycles. The van der Waals surface area contributed by atoms with E-state index in [0.29, 0.717) is 0 Å². The number of nitriles is 1. The summed E-state index contributed by atoms with van der Waals surface area (Å²) in [5, 5.41) is 13.3. The van der Waals surface area contributed by atoms with Gasteiger partial charge in [0.05, 0.1) is 7.11 Å². The van der Waals surface area contributed by atoms with Crippen molar-refractivity contribution in [2.24, 2.45) is 0 Å². The maximum atomic E-state index is 12.5. The number of ether oxygens (including phenoxy) is 1. The van der Waals surface area contributed by atoms with E-state index in [1.807, 2.05) is 30.3 Å². The van der Waals surface area contributed by atoms with E-state index in [1.54, 1.807) is 16.8 Å². The molecule has 140 valence electrons. The van der Waals surface area contributed by atoms with Gasteiger partial charge in [0, 0.05) is 28.7 Å². The summed E-state index contributed by atoms with van der Waals surface area (Å²) < 4.78 is 6.51. The molecule has 1 saturated carbocycles. The quantitative estimate of drug-likeness (QED) is 0.501. The third-order valence-electron chi connectivity index (χ3n) is 4.95. The molecule has 0 bridgehead atoms. The highest BCUT2D eigenvalue weighted by molar-refractivity contribution is 6.04. The van der Waals surface area contributed by atoms with Gasteiger partial charge in [0.15, 0.2) is 0 Å². The number of hydrogen-bond donors (Lipinski definition) is 1. The Morgan fingerprint density at radius 2 is 2.04 bits per heavy atom. The molecule has 0 spiro atoms. The first-order chi connectivity index (χ1) is 13.1. The maximum absolute atomic E-state index is 12.5. The Labute approximate surface area is 158 Å². The molecule has 1 aliphatic rings. The lowest BCUT2D eigenvalue weighted by Gasteiger charge is -2.22. The highest BCUT2D eigenvalue weighted by atomic mass is 16.5. The zero-order valence-electron chi connectivity index (χ0n) is 15.4. The van der Waals surface area contributed by atoms with E-state index in [0.717, 1.165) is 42.1 Å². The zero-order chi connectivity index (χ0) is 19.2. The van der Waals surface area contributed by atoms with Crippen LogP contribution in [0.5, 0.6) is 0 Å². The minimum absolute atomic E-state index is 0.0704. The van der Waals surface area contributed by atoms with Crippen LogP contribution in [-0.2, 0) is 20.9 Å². The van der Waals surface area contributed by atoms with Gasteiger partial charge < -0.3 is 14.6 Å². The standard InChI is InChI=1S/C21H23N3O3/c1-27-20(25)14-24-13-16(18-9-5-6-10-19(18)24)11-15(12-22)21(26)23-17-7-3-2-4-8-17/h5-6,9-11,13,17H,2-4,7-8,14H2,1H3,(H,23,26)/b15-11-. The van der Waals surface area contributed by atoms with Crippen molar-refractivity contribution in [3.05, 3.63) is 41.6 Å². The Morgan fingerprint density at radius 1 is 1.30 bits per heavy atom. The molecule has 1 aromatic carbocycles. The minimum Gasteiger partial charge on any atom is -0.468 e. The number of esters is 1. The number of rotatable bonds is 5. The minimum atomic E-state index is -0.359. The van der Waals surface area contributed by atoms with Crippen LogP contribution in [0.4, 0.5) is 0 Å². The lowest BCUT2D eigenvalue weighted by molar-refractivity contribution is -0.141. The second-order valence-electron chi connectivity index (χ2n) is 6.78. The van der Waals surface area contributed by atoms with Crippen molar-refractivity contribution in [3.8, 4) is 6.07 Å². The first-order valence-electron chi connectivity index (χ1n) is 9.19. The Bertz CT molecular complexity index is 914. The summed E-state index contributed by atoms with van der Waals surface area (Å²) >= 11 is 0. The summed E-state index contributed by atoms with van der Waals surface area (Å²) in [6.07, 6.45) is 8.70. The van der Waals surface area contributed by atoms with Gasteiger partial charge in [0.1, 0.15) is 18.2 Å². The normalized spacial score (nSPS) is 15.3. The van der Waals surface area contributed by atoms with Crippen molar-refractivity contribution in [2.75, 3.05) is 7.11 Å². The molecule has 6 heteroatoms. The van der Waals surface area contributed by atoms with E-state index < -0.39 is 0 Å². The van der Waals surface area contributed by atoms with Crippen LogP contribution in [0.2, 0.25) is 0 Å². The third-order valence-corrected chi connectivity index (χ3v) is 4.95. The maximum Gasteiger partial charge on any atom is 0.325 e. The molecule has 1 fully saturated rings. The number of benzene rings is 1. The van der Waals surface area contributed by atoms with Crippen LogP contribution in [0.3, 0.4) is 0 Å². The Kier molecular flexibility index (Phi) is 5.92. The summed E-state index contributed by atoms with van der Waals surface area (Å²) in [5.41, 5.74) is 1.64. The van der Waals surface area contributed by atoms with Crippen molar-refractivity contribution in [1.29, 1.82) is 5.26 Å². The second kappa shape index (κ2) is 8.54. The number of carbonyl (C=O) groups is 2. The number of hydrogen-bond acceptors (Lipinski definition) is 4. The van der Waals surface area contributed by atoms with Crippen LogP contribution in [0.1, 0.15) is 37.7 Å². The second-order valence-corrected chi connectivity index (χ2v) is 6.78. The summed E-state index contributed by atoms with van der Waals surface area (Å²) in [6.45, 7) is 0.0704. The molecule has 6 nitrogen and oxygen atoms in total. The highest BCUT2D eigenvalue weighted by Gasteiger charge is 2.19. The van der Waals surface area contributed by atoms with Crippen molar-refractivity contribution >= 4 is 28.9 Å². The monoisotopic (exact) mass is 365 g/mol. The molecule has 0 aliphatic heterocycles. The number of para-hydroxylation sites is 1. The lowest BCUT2D eigenvalue weighted by atomic mass is 9.95. The molecule has 0 unspecified atom stereocenters. The van der Waals surface area contributed by atoms with Gasteiger partial charge in [-0.3, -0.25) is 9.59 Å². The smallest absolute Gasteiger partial charge is 0.325 e. The van der Waals surface area contributed by atoms with Crippen LogP contribution in [0.15, 0.2) is 36.0 Å². The molecule has 1 heterocycles. The number of methoxy groups -OCH3 is 1. The van der Waals surface area contributed by atoms with Crippen LogP contribution in [0.25, 0.3) is 17.0 Å². The van der Waals surface area contributed by atoms with Crippen LogP contribution >= 0.6 is 0 Å². The van der Waals surface area contributed by atoms with Gasteiger partial charge in [-0.15, -0.1) is 0 Å². The average Bonchev–Trinajstić information content (AvgIpc) is 3.04. The average molecular weight is 365 g/mol. The molecule has 27 heavy (non-hydrogen) atoms. The number of nitrogens with zero attached hydrogens (tertiary/aromatic N) is 2. The van der Waals surface area contributed by atoms with E-state index in [9.17, 15) is 14.9 Å². The molecule has 0 atom stereocenters. The van der Waals surface area contributed by atoms with Crippen molar-refractivity contribution < 1.29 is 14.3 Å². The molecule has 0 saturated heterocycles. The first-order valence-corrected chi connectivity index (χ1v) is 9.19. The molecule has 1 aliphatic carbocycles. The Hall–Kier alpha value is -3.07. The fourth-order valence-electron chi connectivity index (χ4n) is 3.54. The van der Waals surface area contributed by atoms with Gasteiger partial charge in [-0.25, -0.2) is 0 Å². The van der Waals surface area contributed by atoms with E-state index in [4.69, 9.17) is 4.74 Å². The number of amides is 1. The van der Waals surface area contributed by atoms with Crippen molar-refractivity contribution in [3.63, 3.8) is 0 Å². The summed E-state index contributed by atoms with van der Waals surface area (Å²) in [4.78, 5) is 24.2. The number of carbonyl (C=O) groups excluding carboxylic acids is 2. The van der Waals surface area contributed by atoms with Gasteiger partial charge in [-0.2, -0.15) is 5.26 Å². The topological polar surface area (TPSA) is 84.1 Å². The highest BCUT2D eigenvalue weighted by Crippen LogP contribution is 2.24. The largest absolute Gasteiger partial charge is 0.468 e. The van der Waals surface area contributed by atoms with E-state index in [2.05, 4.69) is 5.32 Å². The predicted octanol–water partition coefficient (Wildman–Crippen LogP) is 3.17. The lowest BCUT2D eigenvalue weighted by Crippen LogP contribution is -2.36. The first kappa shape index (κ1) is 18.7. The van der Waals surface area contributed by atoms with Crippen molar-refractivity contribution in [1.82, 2.24) is 9.88 Å². The number of fused-ring (bicyclic) bond motifs is 1. The van der Waals surface area contributed by atoms with Crippen LogP contribution in [0, 0.1) is 11.3 Å². The zero-order valence-corrected chi connectivity index (χ0v) is 15.4. The van der Waals surface area contributed by atoms with Gasteiger partial charge in [0.25, 0.3) is 5.91 Å². The molecular formula is C21H23N3O3. The molecular weight excluding hydrogens is 342 g/mol. The Balaban J connectivity index is 1.89. The summed E-state index contributed by atoms with van der Waals surface area (Å²) in [5.74, 6) is -0.698.